The molecule has 18 heavy (non-hydrogen) atoms. The highest BCUT2D eigenvalue weighted by Gasteiger charge is 1.96. The van der Waals surface area contributed by atoms with Crippen molar-refractivity contribution >= 4 is 5.97 Å². The van der Waals surface area contributed by atoms with Crippen LogP contribution in [0.4, 0.5) is 0 Å². The average molecular weight is 257 g/mol. The van der Waals surface area contributed by atoms with Crippen LogP contribution in [0.25, 0.3) is 0 Å². The zero-order valence-corrected chi connectivity index (χ0v) is 12.1. The Balaban J connectivity index is 3.08. The molecule has 0 fully saturated rings. The van der Waals surface area contributed by atoms with Crippen LogP contribution < -0.4 is 0 Å². The first-order valence-corrected chi connectivity index (χ1v) is 7.80. The van der Waals surface area contributed by atoms with Gasteiger partial charge in [-0.15, -0.1) is 0 Å². The average Bonchev–Trinajstić information content (AvgIpc) is 2.38. The number of carboxylic acids is 1. The Morgan fingerprint density at radius 3 is 1.78 bits per heavy atom. The maximum atomic E-state index is 10.3. The van der Waals surface area contributed by atoms with Gasteiger partial charge in [0.15, 0.2) is 0 Å². The summed E-state index contributed by atoms with van der Waals surface area (Å²) in [5.41, 5.74) is 0. The van der Waals surface area contributed by atoms with Gasteiger partial charge in [-0.05, 0) is 6.42 Å². The Bertz CT molecular complexity index is 207. The summed E-state index contributed by atoms with van der Waals surface area (Å²) in [7, 11) is 0. The molecule has 1 N–H and O–H groups in total. The van der Waals surface area contributed by atoms with E-state index in [2.05, 4.69) is 6.92 Å². The lowest BCUT2D eigenvalue weighted by Crippen LogP contribution is -1.93. The number of rotatable bonds is 14. The maximum Gasteiger partial charge on any atom is 0.303 e. The molecule has 2 nitrogen and oxygen atoms in total. The molecule has 0 saturated carbocycles. The standard InChI is InChI=1S/C16H32O2/c1-2-3-4-5-6-7-8-9-10-11-12-13-14-15-16(17)18/h2-15H2,1H3,(H,17,18)/i5D. The minimum Gasteiger partial charge on any atom is -0.481 e. The van der Waals surface area contributed by atoms with E-state index in [-0.39, 0.29) is 6.40 Å². The van der Waals surface area contributed by atoms with Gasteiger partial charge in [0.2, 0.25) is 0 Å². The fraction of sp³-hybridized carbons (Fsp3) is 0.938. The number of hydrogen-bond donors (Lipinski definition) is 1. The van der Waals surface area contributed by atoms with Gasteiger partial charge in [0.1, 0.15) is 0 Å². The van der Waals surface area contributed by atoms with Gasteiger partial charge in [-0.1, -0.05) is 83.9 Å². The Morgan fingerprint density at radius 2 is 1.28 bits per heavy atom. The summed E-state index contributed by atoms with van der Waals surface area (Å²) in [6.45, 7) is 2.18. The molecule has 0 aromatic heterocycles. The third-order valence-corrected chi connectivity index (χ3v) is 3.31. The summed E-state index contributed by atoms with van der Waals surface area (Å²) < 4.78 is 7.85. The molecule has 0 bridgehead atoms. The summed E-state index contributed by atoms with van der Waals surface area (Å²) >= 11 is 0. The van der Waals surface area contributed by atoms with Crippen LogP contribution in [-0.2, 0) is 4.79 Å². The minimum absolute atomic E-state index is 0.163. The van der Waals surface area contributed by atoms with Gasteiger partial charge >= 0.3 is 5.97 Å². The van der Waals surface area contributed by atoms with Crippen molar-refractivity contribution in [3.8, 4) is 0 Å². The van der Waals surface area contributed by atoms with Gasteiger partial charge in [0.05, 0.1) is 0 Å². The van der Waals surface area contributed by atoms with Crippen LogP contribution in [0.1, 0.15) is 98.2 Å². The van der Waals surface area contributed by atoms with E-state index in [1.54, 1.807) is 0 Å². The molecule has 0 rings (SSSR count). The second-order valence-electron chi connectivity index (χ2n) is 5.19. The Morgan fingerprint density at radius 1 is 0.833 bits per heavy atom. The molecule has 0 aromatic rings. The Kier molecular flexibility index (Phi) is 12.5. The van der Waals surface area contributed by atoms with Crippen molar-refractivity contribution in [3.63, 3.8) is 0 Å². The summed E-state index contributed by atoms with van der Waals surface area (Å²) in [6, 6.07) is 0. The Hall–Kier alpha value is -0.530. The van der Waals surface area contributed by atoms with Gasteiger partial charge in [-0.2, -0.15) is 0 Å². The SMILES string of the molecule is [2H]C(CCCC)CCCCCCCCCCC(=O)O. The zero-order chi connectivity index (χ0) is 14.3. The smallest absolute Gasteiger partial charge is 0.303 e. The molecule has 1 unspecified atom stereocenters. The van der Waals surface area contributed by atoms with E-state index in [4.69, 9.17) is 6.48 Å². The molecular weight excluding hydrogens is 224 g/mol. The van der Waals surface area contributed by atoms with E-state index in [1.165, 1.54) is 51.4 Å². The third kappa shape index (κ3) is 15.5. The lowest BCUT2D eigenvalue weighted by molar-refractivity contribution is -0.137. The maximum absolute atomic E-state index is 10.3. The van der Waals surface area contributed by atoms with Crippen molar-refractivity contribution in [2.24, 2.45) is 0 Å². The number of unbranched alkanes of at least 4 members (excludes halogenated alkanes) is 8. The molecule has 0 saturated heterocycles. The first-order valence-electron chi connectivity index (χ1n) is 8.38. The van der Waals surface area contributed by atoms with E-state index < -0.39 is 5.97 Å². The summed E-state index contributed by atoms with van der Waals surface area (Å²) in [5, 5.41) is 8.50. The van der Waals surface area contributed by atoms with E-state index in [9.17, 15) is 4.79 Å². The summed E-state index contributed by atoms with van der Waals surface area (Å²) in [4.78, 5) is 10.3. The predicted molar refractivity (Wildman–Crippen MR) is 77.9 cm³/mol. The van der Waals surface area contributed by atoms with Gasteiger partial charge in [-0.3, -0.25) is 4.79 Å². The van der Waals surface area contributed by atoms with Crippen LogP contribution in [0.5, 0.6) is 0 Å². The lowest BCUT2D eigenvalue weighted by atomic mass is 10.0. The van der Waals surface area contributed by atoms with Gasteiger partial charge < -0.3 is 5.11 Å². The van der Waals surface area contributed by atoms with Crippen LogP contribution in [0.2, 0.25) is 0 Å². The van der Waals surface area contributed by atoms with Crippen LogP contribution in [0, 0.1) is 0 Å². The highest BCUT2D eigenvalue weighted by atomic mass is 16.4. The molecular formula is C16H32O2. The molecule has 0 aliphatic heterocycles. The van der Waals surface area contributed by atoms with Crippen LogP contribution in [0.15, 0.2) is 0 Å². The van der Waals surface area contributed by atoms with E-state index in [1.807, 2.05) is 0 Å². The number of aliphatic carboxylic acids is 1. The highest BCUT2D eigenvalue weighted by molar-refractivity contribution is 5.66. The van der Waals surface area contributed by atoms with Crippen LogP contribution in [0.3, 0.4) is 0 Å². The van der Waals surface area contributed by atoms with Gasteiger partial charge in [0, 0.05) is 7.79 Å². The molecule has 0 aliphatic carbocycles. The fourth-order valence-corrected chi connectivity index (χ4v) is 2.12. The van der Waals surface area contributed by atoms with Gasteiger partial charge in [-0.25, -0.2) is 0 Å². The third-order valence-electron chi connectivity index (χ3n) is 3.31. The number of hydrogen-bond acceptors (Lipinski definition) is 1. The van der Waals surface area contributed by atoms with Crippen molar-refractivity contribution in [2.45, 2.75) is 96.8 Å². The lowest BCUT2D eigenvalue weighted by Gasteiger charge is -2.02. The van der Waals surface area contributed by atoms with Crippen molar-refractivity contribution < 1.29 is 11.3 Å². The Labute approximate surface area is 115 Å². The summed E-state index contributed by atoms with van der Waals surface area (Å²) in [5.74, 6) is -0.673. The molecule has 0 radical (unpaired) electrons. The normalized spacial score (nSPS) is 13.3. The molecule has 108 valence electrons. The van der Waals surface area contributed by atoms with Crippen molar-refractivity contribution in [2.75, 3.05) is 0 Å². The first-order chi connectivity index (χ1) is 9.16. The minimum atomic E-state index is -0.673. The molecule has 0 heterocycles. The van der Waals surface area contributed by atoms with Crippen molar-refractivity contribution in [3.05, 3.63) is 0 Å². The largest absolute Gasteiger partial charge is 0.481 e. The highest BCUT2D eigenvalue weighted by Crippen LogP contribution is 2.12. The molecule has 0 aromatic carbocycles. The molecule has 0 spiro atoms. The first kappa shape index (κ1) is 15.5. The van der Waals surface area contributed by atoms with E-state index >= 15 is 0 Å². The topological polar surface area (TPSA) is 37.3 Å². The van der Waals surface area contributed by atoms with Crippen LogP contribution >= 0.6 is 0 Å². The van der Waals surface area contributed by atoms with Gasteiger partial charge in [0.25, 0.3) is 0 Å². The molecule has 1 atom stereocenters. The van der Waals surface area contributed by atoms with Crippen LogP contribution in [-0.4, -0.2) is 11.1 Å². The van der Waals surface area contributed by atoms with Crippen molar-refractivity contribution in [1.82, 2.24) is 0 Å². The zero-order valence-electron chi connectivity index (χ0n) is 13.1. The summed E-state index contributed by atoms with van der Waals surface area (Å²) in [6.07, 6.45) is 14.3. The second-order valence-corrected chi connectivity index (χ2v) is 5.19. The predicted octanol–water partition coefficient (Wildman–Crippen LogP) is 5.55. The quantitative estimate of drug-likeness (QED) is 0.414. The molecule has 0 amide bonds. The van der Waals surface area contributed by atoms with E-state index in [0.717, 1.165) is 25.7 Å². The van der Waals surface area contributed by atoms with E-state index in [0.29, 0.717) is 6.42 Å². The number of carbonyl (C=O) groups is 1. The fourth-order valence-electron chi connectivity index (χ4n) is 2.12. The molecule has 2 heteroatoms. The molecule has 0 aliphatic rings. The van der Waals surface area contributed by atoms with Crippen molar-refractivity contribution in [1.29, 1.82) is 0 Å². The second kappa shape index (κ2) is 14.5. The number of carboxylic acid groups (broad SMARTS) is 1. The monoisotopic (exact) mass is 257 g/mol.